The van der Waals surface area contributed by atoms with Crippen molar-refractivity contribution in [1.82, 2.24) is 0 Å². The van der Waals surface area contributed by atoms with Crippen LogP contribution in [0.4, 0.5) is 0 Å². The maximum absolute atomic E-state index is 13.0. The summed E-state index contributed by atoms with van der Waals surface area (Å²) in [4.78, 5) is 13.0. The largest absolute Gasteiger partial charge is 0.496 e. The topological polar surface area (TPSA) is 57.9 Å². The lowest BCUT2D eigenvalue weighted by Crippen LogP contribution is -2.08. The van der Waals surface area contributed by atoms with E-state index in [9.17, 15) is 4.79 Å². The highest BCUT2D eigenvalue weighted by molar-refractivity contribution is 9.10. The third-order valence-electron chi connectivity index (χ3n) is 4.62. The number of fused-ring (bicyclic) bond motifs is 1. The Morgan fingerprint density at radius 3 is 2.47 bits per heavy atom. The Bertz CT molecular complexity index is 1260. The van der Waals surface area contributed by atoms with Crippen molar-refractivity contribution in [1.29, 1.82) is 0 Å². The summed E-state index contributed by atoms with van der Waals surface area (Å²) in [5, 5.41) is 0.423. The highest BCUT2D eigenvalue weighted by atomic mass is 79.9. The molecule has 1 heterocycles. The Morgan fingerprint density at radius 2 is 1.70 bits per heavy atom. The molecule has 0 saturated heterocycles. The number of benzene rings is 3. The molecule has 0 aliphatic rings. The molecule has 0 bridgehead atoms. The molecule has 30 heavy (non-hydrogen) atoms. The number of rotatable bonds is 6. The minimum Gasteiger partial charge on any atom is -0.496 e. The highest BCUT2D eigenvalue weighted by Gasteiger charge is 2.15. The van der Waals surface area contributed by atoms with E-state index in [4.69, 9.17) is 18.6 Å². The lowest BCUT2D eigenvalue weighted by atomic mass is 10.2. The fourth-order valence-corrected chi connectivity index (χ4v) is 3.46. The second-order valence-electron chi connectivity index (χ2n) is 6.61. The SMILES string of the molecule is COc1ccccc1COc1ccc2c(=O)c(Oc3ccccc3Br)c(C)oc2c1. The van der Waals surface area contributed by atoms with Crippen molar-refractivity contribution in [2.24, 2.45) is 0 Å². The van der Waals surface area contributed by atoms with Crippen LogP contribution >= 0.6 is 15.9 Å². The van der Waals surface area contributed by atoms with Crippen LogP contribution in [-0.4, -0.2) is 7.11 Å². The summed E-state index contributed by atoms with van der Waals surface area (Å²) in [5.74, 6) is 2.45. The Kier molecular flexibility index (Phi) is 5.77. The molecule has 0 saturated carbocycles. The van der Waals surface area contributed by atoms with Gasteiger partial charge in [0.1, 0.15) is 35.2 Å². The van der Waals surface area contributed by atoms with Gasteiger partial charge in [-0.2, -0.15) is 0 Å². The molecule has 4 aromatic rings. The van der Waals surface area contributed by atoms with E-state index in [0.717, 1.165) is 15.8 Å². The zero-order valence-electron chi connectivity index (χ0n) is 16.5. The standard InChI is InChI=1S/C24H19BrO5/c1-15-24(30-21-10-6-4-8-19(21)25)23(26)18-12-11-17(13-22(18)29-15)28-14-16-7-3-5-9-20(16)27-2/h3-13H,14H2,1-2H3. The maximum Gasteiger partial charge on any atom is 0.235 e. The molecule has 0 aliphatic heterocycles. The van der Waals surface area contributed by atoms with Gasteiger partial charge in [-0.3, -0.25) is 4.79 Å². The smallest absolute Gasteiger partial charge is 0.235 e. The number of methoxy groups -OCH3 is 1. The third-order valence-corrected chi connectivity index (χ3v) is 5.28. The normalized spacial score (nSPS) is 10.8. The minimum atomic E-state index is -0.235. The first-order valence-corrected chi connectivity index (χ1v) is 10.1. The van der Waals surface area contributed by atoms with E-state index in [0.29, 0.717) is 34.8 Å². The maximum atomic E-state index is 13.0. The first-order valence-electron chi connectivity index (χ1n) is 9.31. The zero-order chi connectivity index (χ0) is 21.1. The molecule has 0 N–H and O–H groups in total. The average Bonchev–Trinajstić information content (AvgIpc) is 2.76. The van der Waals surface area contributed by atoms with Gasteiger partial charge in [0.25, 0.3) is 0 Å². The van der Waals surface area contributed by atoms with E-state index in [2.05, 4.69) is 15.9 Å². The van der Waals surface area contributed by atoms with Crippen LogP contribution in [0.2, 0.25) is 0 Å². The first-order chi connectivity index (χ1) is 14.6. The van der Waals surface area contributed by atoms with E-state index in [1.807, 2.05) is 42.5 Å². The van der Waals surface area contributed by atoms with E-state index in [1.54, 1.807) is 38.3 Å². The predicted molar refractivity (Wildman–Crippen MR) is 119 cm³/mol. The summed E-state index contributed by atoms with van der Waals surface area (Å²) in [6.07, 6.45) is 0. The summed E-state index contributed by atoms with van der Waals surface area (Å²) in [7, 11) is 1.62. The Morgan fingerprint density at radius 1 is 0.967 bits per heavy atom. The lowest BCUT2D eigenvalue weighted by Gasteiger charge is -2.12. The molecule has 152 valence electrons. The van der Waals surface area contributed by atoms with Crippen LogP contribution in [0.25, 0.3) is 11.0 Å². The predicted octanol–water partition coefficient (Wildman–Crippen LogP) is 6.24. The first kappa shape index (κ1) is 20.0. The van der Waals surface area contributed by atoms with Crippen LogP contribution in [0.15, 0.2) is 80.4 Å². The number of ether oxygens (including phenoxy) is 3. The van der Waals surface area contributed by atoms with Crippen LogP contribution in [0.3, 0.4) is 0 Å². The van der Waals surface area contributed by atoms with Crippen LogP contribution in [0.5, 0.6) is 23.0 Å². The Hall–Kier alpha value is -3.25. The van der Waals surface area contributed by atoms with E-state index < -0.39 is 0 Å². The van der Waals surface area contributed by atoms with Gasteiger partial charge in [-0.05, 0) is 53.2 Å². The van der Waals surface area contributed by atoms with Gasteiger partial charge in [0.15, 0.2) is 0 Å². The zero-order valence-corrected chi connectivity index (χ0v) is 18.1. The molecule has 0 aliphatic carbocycles. The quantitative estimate of drug-likeness (QED) is 0.336. The minimum absolute atomic E-state index is 0.164. The van der Waals surface area contributed by atoms with Gasteiger partial charge in [-0.25, -0.2) is 0 Å². The van der Waals surface area contributed by atoms with Crippen LogP contribution < -0.4 is 19.6 Å². The molecule has 0 unspecified atom stereocenters. The van der Waals surface area contributed by atoms with Gasteiger partial charge in [0.05, 0.1) is 17.0 Å². The van der Waals surface area contributed by atoms with Gasteiger partial charge < -0.3 is 18.6 Å². The number of hydrogen-bond acceptors (Lipinski definition) is 5. The monoisotopic (exact) mass is 466 g/mol. The Labute approximate surface area is 181 Å². The molecular formula is C24H19BrO5. The molecule has 0 radical (unpaired) electrons. The van der Waals surface area contributed by atoms with Crippen LogP contribution in [0.1, 0.15) is 11.3 Å². The number of hydrogen-bond donors (Lipinski definition) is 0. The number of aryl methyl sites for hydroxylation is 1. The fourth-order valence-electron chi connectivity index (χ4n) is 3.10. The molecule has 1 aromatic heterocycles. The van der Waals surface area contributed by atoms with Gasteiger partial charge in [0, 0.05) is 11.6 Å². The van der Waals surface area contributed by atoms with Crippen LogP contribution in [0, 0.1) is 6.92 Å². The van der Waals surface area contributed by atoms with Crippen molar-refractivity contribution in [2.45, 2.75) is 13.5 Å². The molecule has 0 atom stereocenters. The molecule has 5 nitrogen and oxygen atoms in total. The lowest BCUT2D eigenvalue weighted by molar-refractivity contribution is 0.296. The van der Waals surface area contributed by atoms with E-state index in [1.165, 1.54) is 0 Å². The van der Waals surface area contributed by atoms with Crippen LogP contribution in [-0.2, 0) is 6.61 Å². The van der Waals surface area contributed by atoms with Gasteiger partial charge >= 0.3 is 0 Å². The summed E-state index contributed by atoms with van der Waals surface area (Å²) in [6, 6.07) is 20.1. The van der Waals surface area contributed by atoms with E-state index in [-0.39, 0.29) is 11.2 Å². The third kappa shape index (κ3) is 4.04. The van der Waals surface area contributed by atoms with Crippen molar-refractivity contribution < 1.29 is 18.6 Å². The van der Waals surface area contributed by atoms with Gasteiger partial charge in [0.2, 0.25) is 11.2 Å². The van der Waals surface area contributed by atoms with Crippen molar-refractivity contribution in [3.63, 3.8) is 0 Å². The summed E-state index contributed by atoms with van der Waals surface area (Å²) < 4.78 is 23.7. The van der Waals surface area contributed by atoms with Crippen molar-refractivity contribution in [3.8, 4) is 23.0 Å². The summed E-state index contributed by atoms with van der Waals surface area (Å²) in [5.41, 5.74) is 1.13. The molecule has 3 aromatic carbocycles. The summed E-state index contributed by atoms with van der Waals surface area (Å²) in [6.45, 7) is 2.04. The fraction of sp³-hybridized carbons (Fsp3) is 0.125. The number of para-hydroxylation sites is 2. The highest BCUT2D eigenvalue weighted by Crippen LogP contribution is 2.31. The number of halogens is 1. The molecule has 0 amide bonds. The second-order valence-corrected chi connectivity index (χ2v) is 7.46. The van der Waals surface area contributed by atoms with Gasteiger partial charge in [-0.15, -0.1) is 0 Å². The average molecular weight is 467 g/mol. The molecule has 0 spiro atoms. The van der Waals surface area contributed by atoms with Gasteiger partial charge in [-0.1, -0.05) is 30.3 Å². The molecule has 6 heteroatoms. The Balaban J connectivity index is 1.63. The van der Waals surface area contributed by atoms with Crippen molar-refractivity contribution in [2.75, 3.05) is 7.11 Å². The molecule has 0 fully saturated rings. The molecular weight excluding hydrogens is 448 g/mol. The van der Waals surface area contributed by atoms with Crippen molar-refractivity contribution >= 4 is 26.9 Å². The summed E-state index contributed by atoms with van der Waals surface area (Å²) >= 11 is 3.43. The molecule has 4 rings (SSSR count). The second kappa shape index (κ2) is 8.63. The van der Waals surface area contributed by atoms with Crippen molar-refractivity contribution in [3.05, 3.63) is 92.7 Å². The van der Waals surface area contributed by atoms with E-state index >= 15 is 0 Å².